The van der Waals surface area contributed by atoms with Crippen LogP contribution < -0.4 is 11.3 Å². The molecular weight excluding hydrogens is 180 g/mol. The fourth-order valence-electron chi connectivity index (χ4n) is 1.78. The molecule has 0 spiro atoms. The number of hydrogen-bond acceptors (Lipinski definition) is 3. The zero-order valence-corrected chi connectivity index (χ0v) is 7.98. The van der Waals surface area contributed by atoms with Crippen LogP contribution in [-0.2, 0) is 4.74 Å². The quantitative estimate of drug-likeness (QED) is 0.718. The second kappa shape index (κ2) is 3.84. The zero-order valence-electron chi connectivity index (χ0n) is 7.98. The number of hydrogen-bond donors (Lipinski definition) is 1. The van der Waals surface area contributed by atoms with E-state index in [1.807, 2.05) is 6.07 Å². The van der Waals surface area contributed by atoms with Crippen LogP contribution in [0.3, 0.4) is 0 Å². The van der Waals surface area contributed by atoms with Crippen molar-refractivity contribution in [3.8, 4) is 0 Å². The van der Waals surface area contributed by atoms with E-state index in [4.69, 9.17) is 10.5 Å². The molecule has 0 unspecified atom stereocenters. The molecular formula is C10H14N2O2. The van der Waals surface area contributed by atoms with Crippen LogP contribution >= 0.6 is 0 Å². The van der Waals surface area contributed by atoms with Crippen LogP contribution in [0.2, 0.25) is 0 Å². The van der Waals surface area contributed by atoms with Gasteiger partial charge in [0.25, 0.3) is 5.56 Å². The molecule has 4 nitrogen and oxygen atoms in total. The van der Waals surface area contributed by atoms with Gasteiger partial charge in [0.2, 0.25) is 0 Å². The molecule has 0 aromatic carbocycles. The molecule has 0 radical (unpaired) electrons. The van der Waals surface area contributed by atoms with Gasteiger partial charge in [0.05, 0.1) is 5.69 Å². The van der Waals surface area contributed by atoms with E-state index in [1.54, 1.807) is 16.8 Å². The molecule has 1 aromatic heterocycles. The lowest BCUT2D eigenvalue weighted by Gasteiger charge is -2.24. The van der Waals surface area contributed by atoms with Crippen molar-refractivity contribution in [3.05, 3.63) is 28.7 Å². The van der Waals surface area contributed by atoms with Gasteiger partial charge in [-0.3, -0.25) is 4.79 Å². The van der Waals surface area contributed by atoms with Gasteiger partial charge in [-0.2, -0.15) is 0 Å². The van der Waals surface area contributed by atoms with Crippen LogP contribution in [0.15, 0.2) is 23.1 Å². The Bertz CT molecular complexity index is 367. The van der Waals surface area contributed by atoms with Crippen molar-refractivity contribution in [2.75, 3.05) is 18.9 Å². The number of pyridine rings is 1. The van der Waals surface area contributed by atoms with Crippen LogP contribution in [-0.4, -0.2) is 17.8 Å². The van der Waals surface area contributed by atoms with Crippen molar-refractivity contribution in [2.45, 2.75) is 18.9 Å². The summed E-state index contributed by atoms with van der Waals surface area (Å²) in [7, 11) is 0. The van der Waals surface area contributed by atoms with Gasteiger partial charge in [-0.05, 0) is 25.0 Å². The van der Waals surface area contributed by atoms with Gasteiger partial charge in [-0.1, -0.05) is 0 Å². The second-order valence-corrected chi connectivity index (χ2v) is 3.52. The van der Waals surface area contributed by atoms with Crippen LogP contribution in [0, 0.1) is 0 Å². The van der Waals surface area contributed by atoms with Crippen LogP contribution in [0.5, 0.6) is 0 Å². The molecule has 2 rings (SSSR count). The minimum Gasteiger partial charge on any atom is -0.394 e. The summed E-state index contributed by atoms with van der Waals surface area (Å²) in [6.07, 6.45) is 3.58. The molecule has 1 aliphatic rings. The highest BCUT2D eigenvalue weighted by atomic mass is 16.5. The summed E-state index contributed by atoms with van der Waals surface area (Å²) in [6.45, 7) is 1.46. The second-order valence-electron chi connectivity index (χ2n) is 3.52. The van der Waals surface area contributed by atoms with Crippen LogP contribution in [0.4, 0.5) is 5.69 Å². The first-order chi connectivity index (χ1) is 6.79. The standard InChI is InChI=1S/C10H14N2O2/c11-9-2-1-5-12(10(9)13)8-3-6-14-7-4-8/h1-2,5,8H,3-4,6-7,11H2. The Balaban J connectivity index is 2.31. The average molecular weight is 194 g/mol. The lowest BCUT2D eigenvalue weighted by molar-refractivity contribution is 0.0687. The number of nitrogen functional groups attached to an aromatic ring is 1. The minimum atomic E-state index is -0.0839. The molecule has 0 aliphatic carbocycles. The Morgan fingerprint density at radius 2 is 2.14 bits per heavy atom. The molecule has 2 heterocycles. The highest BCUT2D eigenvalue weighted by molar-refractivity contribution is 5.33. The monoisotopic (exact) mass is 194 g/mol. The van der Waals surface area contributed by atoms with Crippen molar-refractivity contribution < 1.29 is 4.74 Å². The van der Waals surface area contributed by atoms with E-state index < -0.39 is 0 Å². The third kappa shape index (κ3) is 1.65. The topological polar surface area (TPSA) is 57.2 Å². The molecule has 0 bridgehead atoms. The third-order valence-electron chi connectivity index (χ3n) is 2.59. The maximum Gasteiger partial charge on any atom is 0.273 e. The van der Waals surface area contributed by atoms with Crippen LogP contribution in [0.1, 0.15) is 18.9 Å². The van der Waals surface area contributed by atoms with E-state index in [-0.39, 0.29) is 11.6 Å². The predicted octanol–water partition coefficient (Wildman–Crippen LogP) is 0.782. The summed E-state index contributed by atoms with van der Waals surface area (Å²) in [5.74, 6) is 0. The van der Waals surface area contributed by atoms with Gasteiger partial charge in [-0.15, -0.1) is 0 Å². The van der Waals surface area contributed by atoms with E-state index in [0.717, 1.165) is 26.1 Å². The molecule has 76 valence electrons. The number of nitrogens with two attached hydrogens (primary N) is 1. The molecule has 0 amide bonds. The smallest absolute Gasteiger partial charge is 0.273 e. The van der Waals surface area contributed by atoms with Gasteiger partial charge >= 0.3 is 0 Å². The Labute approximate surface area is 82.3 Å². The zero-order chi connectivity index (χ0) is 9.97. The SMILES string of the molecule is Nc1cccn(C2CCOCC2)c1=O. The van der Waals surface area contributed by atoms with Gasteiger partial charge in [0.1, 0.15) is 0 Å². The highest BCUT2D eigenvalue weighted by Gasteiger charge is 2.16. The van der Waals surface area contributed by atoms with E-state index in [2.05, 4.69) is 0 Å². The third-order valence-corrected chi connectivity index (χ3v) is 2.59. The molecule has 4 heteroatoms. The molecule has 1 aromatic rings. The van der Waals surface area contributed by atoms with Gasteiger partial charge in [-0.25, -0.2) is 0 Å². The van der Waals surface area contributed by atoms with Gasteiger partial charge < -0.3 is 15.0 Å². The van der Waals surface area contributed by atoms with Crippen molar-refractivity contribution >= 4 is 5.69 Å². The molecule has 14 heavy (non-hydrogen) atoms. The summed E-state index contributed by atoms with van der Waals surface area (Å²) in [6, 6.07) is 3.70. The van der Waals surface area contributed by atoms with Crippen molar-refractivity contribution in [1.82, 2.24) is 4.57 Å². The fourth-order valence-corrected chi connectivity index (χ4v) is 1.78. The Kier molecular flexibility index (Phi) is 2.54. The molecule has 2 N–H and O–H groups in total. The summed E-state index contributed by atoms with van der Waals surface area (Å²) < 4.78 is 6.96. The summed E-state index contributed by atoms with van der Waals surface area (Å²) >= 11 is 0. The summed E-state index contributed by atoms with van der Waals surface area (Å²) in [5.41, 5.74) is 5.80. The first-order valence-electron chi connectivity index (χ1n) is 4.83. The first kappa shape index (κ1) is 9.27. The Morgan fingerprint density at radius 1 is 1.43 bits per heavy atom. The van der Waals surface area contributed by atoms with Gasteiger partial charge in [0.15, 0.2) is 0 Å². The average Bonchev–Trinajstić information content (AvgIpc) is 2.23. The maximum absolute atomic E-state index is 11.7. The van der Waals surface area contributed by atoms with Crippen LogP contribution in [0.25, 0.3) is 0 Å². The first-order valence-corrected chi connectivity index (χ1v) is 4.83. The Hall–Kier alpha value is -1.29. The number of rotatable bonds is 1. The van der Waals surface area contributed by atoms with E-state index >= 15 is 0 Å². The normalized spacial score (nSPS) is 18.3. The van der Waals surface area contributed by atoms with E-state index in [0.29, 0.717) is 5.69 Å². The lowest BCUT2D eigenvalue weighted by atomic mass is 10.1. The van der Waals surface area contributed by atoms with Crippen molar-refractivity contribution in [1.29, 1.82) is 0 Å². The summed E-state index contributed by atoms with van der Waals surface area (Å²) in [5, 5.41) is 0. The highest BCUT2D eigenvalue weighted by Crippen LogP contribution is 2.18. The minimum absolute atomic E-state index is 0.0839. The molecule has 0 saturated carbocycles. The predicted molar refractivity (Wildman–Crippen MR) is 54.2 cm³/mol. The number of aromatic nitrogens is 1. The van der Waals surface area contributed by atoms with Crippen molar-refractivity contribution in [2.24, 2.45) is 0 Å². The maximum atomic E-state index is 11.7. The largest absolute Gasteiger partial charge is 0.394 e. The molecule has 1 saturated heterocycles. The van der Waals surface area contributed by atoms with Crippen molar-refractivity contribution in [3.63, 3.8) is 0 Å². The molecule has 1 fully saturated rings. The fraction of sp³-hybridized carbons (Fsp3) is 0.500. The molecule has 0 atom stereocenters. The number of ether oxygens (including phenoxy) is 1. The summed E-state index contributed by atoms with van der Waals surface area (Å²) in [4.78, 5) is 11.7. The molecule has 1 aliphatic heterocycles. The number of anilines is 1. The lowest BCUT2D eigenvalue weighted by Crippen LogP contribution is -2.29. The van der Waals surface area contributed by atoms with E-state index in [1.165, 1.54) is 0 Å². The van der Waals surface area contributed by atoms with Gasteiger partial charge in [0, 0.05) is 25.5 Å². The van der Waals surface area contributed by atoms with E-state index in [9.17, 15) is 4.79 Å². The Morgan fingerprint density at radius 3 is 2.86 bits per heavy atom. The number of nitrogens with zero attached hydrogens (tertiary/aromatic N) is 1.